The summed E-state index contributed by atoms with van der Waals surface area (Å²) in [6, 6.07) is 8.17. The number of rotatable bonds is 4. The summed E-state index contributed by atoms with van der Waals surface area (Å²) in [7, 11) is 1.82. The quantitative estimate of drug-likeness (QED) is 0.632. The minimum Gasteiger partial charge on any atom is -0.504 e. The lowest BCUT2D eigenvalue weighted by Gasteiger charge is -2.14. The predicted octanol–water partition coefficient (Wildman–Crippen LogP) is 3.80. The first-order chi connectivity index (χ1) is 14.6. The van der Waals surface area contributed by atoms with E-state index in [-0.39, 0.29) is 29.2 Å². The van der Waals surface area contributed by atoms with Crippen LogP contribution in [0.3, 0.4) is 0 Å². The van der Waals surface area contributed by atoms with Crippen molar-refractivity contribution in [3.63, 3.8) is 0 Å². The average molecular weight is 435 g/mol. The van der Waals surface area contributed by atoms with Crippen LogP contribution in [-0.4, -0.2) is 28.3 Å². The summed E-state index contributed by atoms with van der Waals surface area (Å²) in [6.07, 6.45) is -4.58. The van der Waals surface area contributed by atoms with Crippen molar-refractivity contribution in [2.45, 2.75) is 19.3 Å². The van der Waals surface area contributed by atoms with E-state index in [9.17, 15) is 27.5 Å². The molecule has 0 amide bonds. The van der Waals surface area contributed by atoms with Crippen molar-refractivity contribution in [3.05, 3.63) is 69.9 Å². The number of hydrogen-bond acceptors (Lipinski definition) is 5. The maximum atomic E-state index is 14.3. The molecule has 0 aliphatic carbocycles. The van der Waals surface area contributed by atoms with Gasteiger partial charge in [-0.1, -0.05) is 12.1 Å². The van der Waals surface area contributed by atoms with Gasteiger partial charge >= 0.3 is 11.9 Å². The number of phenols is 1. The van der Waals surface area contributed by atoms with Crippen molar-refractivity contribution in [2.75, 3.05) is 18.5 Å². The lowest BCUT2D eigenvalue weighted by Crippen LogP contribution is -2.22. The lowest BCUT2D eigenvalue weighted by molar-refractivity contribution is -0.137. The van der Waals surface area contributed by atoms with E-state index in [0.717, 1.165) is 18.2 Å². The van der Waals surface area contributed by atoms with E-state index in [1.807, 2.05) is 11.9 Å². The highest BCUT2D eigenvalue weighted by molar-refractivity contribution is 5.71. The van der Waals surface area contributed by atoms with Gasteiger partial charge in [-0.25, -0.2) is 9.18 Å². The van der Waals surface area contributed by atoms with Crippen LogP contribution in [0.15, 0.2) is 47.3 Å². The van der Waals surface area contributed by atoms with Gasteiger partial charge in [0.1, 0.15) is 12.4 Å². The number of phenolic OH excluding ortho intramolecular Hbond substituents is 1. The van der Waals surface area contributed by atoms with Gasteiger partial charge in [-0.2, -0.15) is 18.2 Å². The topological polar surface area (TPSA) is 67.6 Å². The molecule has 1 aliphatic rings. The summed E-state index contributed by atoms with van der Waals surface area (Å²) in [6.45, 7) is 0.966. The highest BCUT2D eigenvalue weighted by Gasteiger charge is 2.30. The van der Waals surface area contributed by atoms with E-state index in [0.29, 0.717) is 18.9 Å². The molecule has 0 unspecified atom stereocenters. The zero-order valence-corrected chi connectivity index (χ0v) is 16.3. The third-order valence-electron chi connectivity index (χ3n) is 5.03. The summed E-state index contributed by atoms with van der Waals surface area (Å²) in [5.74, 6) is -1.09. The molecular formula is C21H17F4N3O3. The summed E-state index contributed by atoms with van der Waals surface area (Å²) < 4.78 is 60.3. The molecule has 0 bridgehead atoms. The Balaban J connectivity index is 1.63. The van der Waals surface area contributed by atoms with Crippen molar-refractivity contribution >= 4 is 5.82 Å². The molecule has 1 aromatic heterocycles. The molecule has 2 aromatic carbocycles. The van der Waals surface area contributed by atoms with E-state index >= 15 is 0 Å². The first-order valence-electron chi connectivity index (χ1n) is 9.28. The molecule has 0 atom stereocenters. The molecule has 0 saturated carbocycles. The number of benzene rings is 2. The Kier molecular flexibility index (Phi) is 5.08. The zero-order valence-electron chi connectivity index (χ0n) is 16.3. The summed E-state index contributed by atoms with van der Waals surface area (Å²) in [5, 5.41) is 10.1. The van der Waals surface area contributed by atoms with E-state index < -0.39 is 29.0 Å². The smallest absolute Gasteiger partial charge is 0.416 e. The SMILES string of the molecule is CN1CCn2c1cc(OCc1cc(F)c(O)c(-c3cccc(C(F)(F)F)c3)c1)nc2=O. The Hall–Kier alpha value is -3.56. The van der Waals surface area contributed by atoms with E-state index in [1.165, 1.54) is 22.8 Å². The number of likely N-dealkylation sites (N-methyl/N-ethyl adjacent to an activating group) is 1. The Morgan fingerprint density at radius 1 is 1.16 bits per heavy atom. The number of alkyl halides is 3. The zero-order chi connectivity index (χ0) is 22.3. The fraction of sp³-hybridized carbons (Fsp3) is 0.238. The first-order valence-corrected chi connectivity index (χ1v) is 9.28. The van der Waals surface area contributed by atoms with Crippen LogP contribution in [0.5, 0.6) is 11.6 Å². The van der Waals surface area contributed by atoms with Crippen LogP contribution >= 0.6 is 0 Å². The second kappa shape index (κ2) is 7.60. The summed E-state index contributed by atoms with van der Waals surface area (Å²) in [4.78, 5) is 17.8. The highest BCUT2D eigenvalue weighted by Crippen LogP contribution is 2.37. The summed E-state index contributed by atoms with van der Waals surface area (Å²) >= 11 is 0. The molecule has 0 fully saturated rings. The van der Waals surface area contributed by atoms with E-state index in [1.54, 1.807) is 6.07 Å². The molecule has 0 saturated heterocycles. The fourth-order valence-corrected chi connectivity index (χ4v) is 3.42. The van der Waals surface area contributed by atoms with Crippen LogP contribution in [0.1, 0.15) is 11.1 Å². The molecule has 4 rings (SSSR count). The molecular weight excluding hydrogens is 418 g/mol. The van der Waals surface area contributed by atoms with Gasteiger partial charge < -0.3 is 14.7 Å². The van der Waals surface area contributed by atoms with Gasteiger partial charge in [-0.05, 0) is 35.4 Å². The summed E-state index contributed by atoms with van der Waals surface area (Å²) in [5.41, 5.74) is -1.25. The molecule has 6 nitrogen and oxygen atoms in total. The van der Waals surface area contributed by atoms with Gasteiger partial charge in [0.15, 0.2) is 11.6 Å². The maximum Gasteiger partial charge on any atom is 0.416 e. The van der Waals surface area contributed by atoms with Crippen LogP contribution in [0.4, 0.5) is 23.4 Å². The molecule has 10 heteroatoms. The van der Waals surface area contributed by atoms with Crippen molar-refractivity contribution in [3.8, 4) is 22.8 Å². The van der Waals surface area contributed by atoms with Crippen LogP contribution in [0, 0.1) is 5.82 Å². The second-order valence-electron chi connectivity index (χ2n) is 7.15. The standard InChI is InChI=1S/C21H17F4N3O3/c1-27-5-6-28-18(27)10-17(26-20(28)30)31-11-12-7-15(19(29)16(22)8-12)13-3-2-4-14(9-13)21(23,24)25/h2-4,7-10,29H,5-6,11H2,1H3. The average Bonchev–Trinajstić information content (AvgIpc) is 3.09. The lowest BCUT2D eigenvalue weighted by atomic mass is 9.99. The number of halogens is 4. The third kappa shape index (κ3) is 4.05. The van der Waals surface area contributed by atoms with E-state index in [4.69, 9.17) is 4.74 Å². The maximum absolute atomic E-state index is 14.3. The normalized spacial score (nSPS) is 13.4. The molecule has 1 N–H and O–H groups in total. The van der Waals surface area contributed by atoms with Crippen LogP contribution in [0.25, 0.3) is 11.1 Å². The number of aromatic nitrogens is 2. The van der Waals surface area contributed by atoms with Crippen molar-refractivity contribution < 1.29 is 27.4 Å². The van der Waals surface area contributed by atoms with Crippen molar-refractivity contribution in [2.24, 2.45) is 0 Å². The van der Waals surface area contributed by atoms with Crippen LogP contribution < -0.4 is 15.3 Å². The minimum atomic E-state index is -4.58. The molecule has 0 radical (unpaired) electrons. The van der Waals surface area contributed by atoms with Crippen molar-refractivity contribution in [1.82, 2.24) is 9.55 Å². The Morgan fingerprint density at radius 3 is 2.68 bits per heavy atom. The number of ether oxygens (including phenoxy) is 1. The molecule has 31 heavy (non-hydrogen) atoms. The Labute approximate surface area is 174 Å². The number of anilines is 1. The highest BCUT2D eigenvalue weighted by atomic mass is 19.4. The van der Waals surface area contributed by atoms with Gasteiger partial charge in [-0.15, -0.1) is 0 Å². The largest absolute Gasteiger partial charge is 0.504 e. The minimum absolute atomic E-state index is 0.00333. The van der Waals surface area contributed by atoms with E-state index in [2.05, 4.69) is 4.98 Å². The molecule has 0 spiro atoms. The Morgan fingerprint density at radius 2 is 1.94 bits per heavy atom. The van der Waals surface area contributed by atoms with Gasteiger partial charge in [0, 0.05) is 31.8 Å². The molecule has 1 aliphatic heterocycles. The number of fused-ring (bicyclic) bond motifs is 1. The fourth-order valence-electron chi connectivity index (χ4n) is 3.42. The van der Waals surface area contributed by atoms with Gasteiger partial charge in [-0.3, -0.25) is 4.57 Å². The van der Waals surface area contributed by atoms with Gasteiger partial charge in [0.05, 0.1) is 5.56 Å². The molecule has 162 valence electrons. The Bertz CT molecular complexity index is 1210. The third-order valence-corrected chi connectivity index (χ3v) is 5.03. The predicted molar refractivity (Wildman–Crippen MR) is 105 cm³/mol. The number of nitrogens with zero attached hydrogens (tertiary/aromatic N) is 3. The van der Waals surface area contributed by atoms with Crippen LogP contribution in [0.2, 0.25) is 0 Å². The molecule has 3 aromatic rings. The molecule has 2 heterocycles. The van der Waals surface area contributed by atoms with Crippen molar-refractivity contribution in [1.29, 1.82) is 0 Å². The van der Waals surface area contributed by atoms with Gasteiger partial charge in [0.25, 0.3) is 0 Å². The van der Waals surface area contributed by atoms with Crippen LogP contribution in [-0.2, 0) is 19.3 Å². The first kappa shape index (κ1) is 20.7. The number of aromatic hydroxyl groups is 1. The monoisotopic (exact) mass is 435 g/mol. The van der Waals surface area contributed by atoms with Gasteiger partial charge in [0.2, 0.25) is 5.88 Å². The number of hydrogen-bond donors (Lipinski definition) is 1. The second-order valence-corrected chi connectivity index (χ2v) is 7.15.